The number of nitrogens with one attached hydrogen (secondary N) is 2. The first kappa shape index (κ1) is 17.5. The molecule has 0 aromatic heterocycles. The van der Waals surface area contributed by atoms with Crippen LogP contribution in [0, 0.1) is 11.8 Å². The van der Waals surface area contributed by atoms with Crippen molar-refractivity contribution in [1.82, 2.24) is 15.5 Å². The van der Waals surface area contributed by atoms with E-state index >= 15 is 0 Å². The fraction of sp³-hybridized carbons (Fsp3) is 0.941. The molecule has 2 N–H and O–H groups in total. The summed E-state index contributed by atoms with van der Waals surface area (Å²) in [6.07, 6.45) is 6.50. The third-order valence-corrected chi connectivity index (χ3v) is 5.32. The van der Waals surface area contributed by atoms with E-state index in [2.05, 4.69) is 29.4 Å². The van der Waals surface area contributed by atoms with E-state index in [4.69, 9.17) is 4.74 Å². The second-order valence-electron chi connectivity index (χ2n) is 6.88. The van der Waals surface area contributed by atoms with Crippen LogP contribution in [0.3, 0.4) is 0 Å². The summed E-state index contributed by atoms with van der Waals surface area (Å²) in [6.45, 7) is 9.51. The molecular formula is C17H33N3O2. The molecule has 2 rings (SSSR count). The zero-order valence-corrected chi connectivity index (χ0v) is 14.3. The van der Waals surface area contributed by atoms with Crippen molar-refractivity contribution in [3.05, 3.63) is 0 Å². The Morgan fingerprint density at radius 3 is 2.41 bits per heavy atom. The van der Waals surface area contributed by atoms with Gasteiger partial charge in [-0.2, -0.15) is 0 Å². The molecule has 2 aliphatic rings. The van der Waals surface area contributed by atoms with Gasteiger partial charge in [0.05, 0.1) is 13.2 Å². The van der Waals surface area contributed by atoms with E-state index in [1.807, 2.05) is 0 Å². The van der Waals surface area contributed by atoms with E-state index in [-0.39, 0.29) is 6.03 Å². The van der Waals surface area contributed by atoms with E-state index in [0.29, 0.717) is 18.5 Å². The predicted octanol–water partition coefficient (Wildman–Crippen LogP) is 2.22. The molecule has 0 bridgehead atoms. The summed E-state index contributed by atoms with van der Waals surface area (Å²) in [6, 6.07) is 0.354. The zero-order valence-electron chi connectivity index (χ0n) is 14.3. The van der Waals surface area contributed by atoms with Gasteiger partial charge in [-0.3, -0.25) is 4.90 Å². The van der Waals surface area contributed by atoms with Gasteiger partial charge in [0.1, 0.15) is 0 Å². The third kappa shape index (κ3) is 5.76. The van der Waals surface area contributed by atoms with Crippen LogP contribution in [0.4, 0.5) is 4.79 Å². The summed E-state index contributed by atoms with van der Waals surface area (Å²) in [5.41, 5.74) is 0. The molecule has 2 fully saturated rings. The Morgan fingerprint density at radius 1 is 1.14 bits per heavy atom. The van der Waals surface area contributed by atoms with Crippen LogP contribution in [-0.2, 0) is 4.74 Å². The Kier molecular flexibility index (Phi) is 7.46. The highest BCUT2D eigenvalue weighted by atomic mass is 16.5. The van der Waals surface area contributed by atoms with Crippen LogP contribution in [0.5, 0.6) is 0 Å². The number of urea groups is 1. The van der Waals surface area contributed by atoms with Gasteiger partial charge in [0.25, 0.3) is 0 Å². The molecule has 1 aliphatic heterocycles. The van der Waals surface area contributed by atoms with Crippen LogP contribution in [0.25, 0.3) is 0 Å². The standard InChI is InChI=1S/C17H33N3O2/c1-3-15-4-6-16(7-5-15)13-19-17(21)18-12-14(2)20-8-10-22-11-9-20/h14-16H,3-13H2,1-2H3,(H2,18,19,21). The molecular weight excluding hydrogens is 278 g/mol. The molecule has 5 nitrogen and oxygen atoms in total. The van der Waals surface area contributed by atoms with Crippen LogP contribution >= 0.6 is 0 Å². The lowest BCUT2D eigenvalue weighted by Crippen LogP contribution is -2.49. The minimum Gasteiger partial charge on any atom is -0.379 e. The largest absolute Gasteiger partial charge is 0.379 e. The number of nitrogens with zero attached hydrogens (tertiary/aromatic N) is 1. The van der Waals surface area contributed by atoms with Gasteiger partial charge in [-0.1, -0.05) is 26.2 Å². The van der Waals surface area contributed by atoms with Gasteiger partial charge in [-0.15, -0.1) is 0 Å². The first-order valence-electron chi connectivity index (χ1n) is 9.02. The molecule has 0 aromatic carbocycles. The average Bonchev–Trinajstić information content (AvgIpc) is 2.59. The maximum absolute atomic E-state index is 11.9. The van der Waals surface area contributed by atoms with Gasteiger partial charge in [0.2, 0.25) is 0 Å². The Hall–Kier alpha value is -0.810. The summed E-state index contributed by atoms with van der Waals surface area (Å²) < 4.78 is 5.36. The van der Waals surface area contributed by atoms with Gasteiger partial charge in [0.15, 0.2) is 0 Å². The molecule has 1 saturated carbocycles. The highest BCUT2D eigenvalue weighted by Crippen LogP contribution is 2.29. The first-order valence-corrected chi connectivity index (χ1v) is 9.02. The van der Waals surface area contributed by atoms with Crippen molar-refractivity contribution in [3.8, 4) is 0 Å². The molecule has 1 aliphatic carbocycles. The van der Waals surface area contributed by atoms with Crippen LogP contribution in [-0.4, -0.2) is 56.4 Å². The lowest BCUT2D eigenvalue weighted by Gasteiger charge is -2.32. The van der Waals surface area contributed by atoms with Crippen LogP contribution < -0.4 is 10.6 Å². The lowest BCUT2D eigenvalue weighted by molar-refractivity contribution is 0.0209. The molecule has 1 unspecified atom stereocenters. The molecule has 0 spiro atoms. The van der Waals surface area contributed by atoms with E-state index in [9.17, 15) is 4.79 Å². The summed E-state index contributed by atoms with van der Waals surface area (Å²) in [5, 5.41) is 6.06. The van der Waals surface area contributed by atoms with Crippen molar-refractivity contribution in [2.45, 2.75) is 52.0 Å². The number of amides is 2. The zero-order chi connectivity index (χ0) is 15.8. The van der Waals surface area contributed by atoms with Crippen LogP contribution in [0.2, 0.25) is 0 Å². The van der Waals surface area contributed by atoms with E-state index in [1.54, 1.807) is 0 Å². The highest BCUT2D eigenvalue weighted by Gasteiger charge is 2.21. The molecule has 1 atom stereocenters. The van der Waals surface area contributed by atoms with Gasteiger partial charge >= 0.3 is 6.03 Å². The smallest absolute Gasteiger partial charge is 0.314 e. The van der Waals surface area contributed by atoms with Crippen molar-refractivity contribution in [2.75, 3.05) is 39.4 Å². The third-order valence-electron chi connectivity index (χ3n) is 5.32. The minimum atomic E-state index is -0.0160. The summed E-state index contributed by atoms with van der Waals surface area (Å²) in [7, 11) is 0. The fourth-order valence-corrected chi connectivity index (χ4v) is 3.53. The van der Waals surface area contributed by atoms with E-state index in [0.717, 1.165) is 38.8 Å². The fourth-order valence-electron chi connectivity index (χ4n) is 3.53. The number of rotatable bonds is 6. The second-order valence-corrected chi connectivity index (χ2v) is 6.88. The normalized spacial score (nSPS) is 28.1. The Morgan fingerprint density at radius 2 is 1.77 bits per heavy atom. The first-order chi connectivity index (χ1) is 10.7. The van der Waals surface area contributed by atoms with Crippen molar-refractivity contribution in [1.29, 1.82) is 0 Å². The van der Waals surface area contributed by atoms with Crippen molar-refractivity contribution in [3.63, 3.8) is 0 Å². The number of ether oxygens (including phenoxy) is 1. The summed E-state index contributed by atoms with van der Waals surface area (Å²) >= 11 is 0. The Bertz CT molecular complexity index is 324. The SMILES string of the molecule is CCC1CCC(CNC(=O)NCC(C)N2CCOCC2)CC1. The molecule has 1 heterocycles. The van der Waals surface area contributed by atoms with Crippen molar-refractivity contribution >= 4 is 6.03 Å². The second kappa shape index (κ2) is 9.36. The number of carbonyl (C=O) groups is 1. The highest BCUT2D eigenvalue weighted by molar-refractivity contribution is 5.73. The monoisotopic (exact) mass is 311 g/mol. The predicted molar refractivity (Wildman–Crippen MR) is 89.0 cm³/mol. The van der Waals surface area contributed by atoms with Gasteiger partial charge in [0, 0.05) is 32.2 Å². The van der Waals surface area contributed by atoms with Gasteiger partial charge in [-0.05, 0) is 31.6 Å². The van der Waals surface area contributed by atoms with Gasteiger partial charge in [-0.25, -0.2) is 4.79 Å². The molecule has 0 aromatic rings. The Labute approximate surface area is 135 Å². The maximum atomic E-state index is 11.9. The maximum Gasteiger partial charge on any atom is 0.314 e. The molecule has 2 amide bonds. The number of hydrogen-bond donors (Lipinski definition) is 2. The average molecular weight is 311 g/mol. The van der Waals surface area contributed by atoms with Crippen LogP contribution in [0.15, 0.2) is 0 Å². The topological polar surface area (TPSA) is 53.6 Å². The van der Waals surface area contributed by atoms with Crippen LogP contribution in [0.1, 0.15) is 46.0 Å². The van der Waals surface area contributed by atoms with Crippen molar-refractivity contribution < 1.29 is 9.53 Å². The van der Waals surface area contributed by atoms with Gasteiger partial charge < -0.3 is 15.4 Å². The Balaban J connectivity index is 1.56. The molecule has 22 heavy (non-hydrogen) atoms. The number of hydrogen-bond acceptors (Lipinski definition) is 3. The van der Waals surface area contributed by atoms with Crippen molar-refractivity contribution in [2.24, 2.45) is 11.8 Å². The summed E-state index contributed by atoms with van der Waals surface area (Å²) in [4.78, 5) is 14.3. The minimum absolute atomic E-state index is 0.0160. The quantitative estimate of drug-likeness (QED) is 0.791. The number of carbonyl (C=O) groups excluding carboxylic acids is 1. The number of morpholine rings is 1. The summed E-state index contributed by atoms with van der Waals surface area (Å²) in [5.74, 6) is 1.59. The lowest BCUT2D eigenvalue weighted by atomic mass is 9.81. The molecule has 128 valence electrons. The molecule has 5 heteroatoms. The van der Waals surface area contributed by atoms with E-state index in [1.165, 1.54) is 32.1 Å². The van der Waals surface area contributed by atoms with E-state index < -0.39 is 0 Å². The molecule has 1 saturated heterocycles. The molecule has 0 radical (unpaired) electrons.